The Morgan fingerprint density at radius 3 is 2.86 bits per heavy atom. The third kappa shape index (κ3) is 2.99. The largest absolute Gasteiger partial charge is 0.384 e. The summed E-state index contributed by atoms with van der Waals surface area (Å²) in [7, 11) is 1.69. The van der Waals surface area contributed by atoms with Crippen LogP contribution in [0.2, 0.25) is 0 Å². The van der Waals surface area contributed by atoms with Gasteiger partial charge >= 0.3 is 0 Å². The van der Waals surface area contributed by atoms with Crippen molar-refractivity contribution >= 4 is 22.7 Å². The molecule has 1 aliphatic rings. The first-order valence-electron chi connectivity index (χ1n) is 7.44. The zero-order chi connectivity index (χ0) is 14.7. The van der Waals surface area contributed by atoms with E-state index in [9.17, 15) is 4.79 Å². The summed E-state index contributed by atoms with van der Waals surface area (Å²) in [5.41, 5.74) is 0.893. The first kappa shape index (κ1) is 14.6. The van der Waals surface area contributed by atoms with E-state index in [0.29, 0.717) is 12.6 Å². The maximum absolute atomic E-state index is 12.8. The predicted octanol–water partition coefficient (Wildman–Crippen LogP) is 3.25. The number of ether oxygens (including phenoxy) is 1. The third-order valence-corrected chi connectivity index (χ3v) is 4.90. The van der Waals surface area contributed by atoms with Crippen LogP contribution in [-0.2, 0) is 4.74 Å². The second-order valence-corrected chi connectivity index (χ2v) is 6.43. The maximum Gasteiger partial charge on any atom is 0.262 e. The van der Waals surface area contributed by atoms with Crippen LogP contribution in [0.15, 0.2) is 34.2 Å². The van der Waals surface area contributed by atoms with Crippen LogP contribution < -0.4 is 5.56 Å². The minimum atomic E-state index is 0.104. The molecular weight excluding hydrogens is 284 g/mol. The smallest absolute Gasteiger partial charge is 0.262 e. The molecule has 2 aromatic rings. The van der Waals surface area contributed by atoms with E-state index in [1.165, 1.54) is 12.8 Å². The highest BCUT2D eigenvalue weighted by Gasteiger charge is 2.22. The van der Waals surface area contributed by atoms with Crippen molar-refractivity contribution in [3.63, 3.8) is 0 Å². The van der Waals surface area contributed by atoms with Crippen molar-refractivity contribution in [1.29, 1.82) is 0 Å². The fraction of sp³-hybridized carbons (Fsp3) is 0.500. The Bertz CT molecular complexity index is 678. The molecule has 1 aromatic heterocycles. The van der Waals surface area contributed by atoms with Crippen LogP contribution in [0.5, 0.6) is 0 Å². The summed E-state index contributed by atoms with van der Waals surface area (Å²) >= 11 is 1.61. The van der Waals surface area contributed by atoms with Gasteiger partial charge in [0.25, 0.3) is 5.56 Å². The number of rotatable bonds is 5. The Morgan fingerprint density at radius 2 is 2.10 bits per heavy atom. The van der Waals surface area contributed by atoms with Gasteiger partial charge in [-0.05, 0) is 25.0 Å². The zero-order valence-corrected chi connectivity index (χ0v) is 13.1. The van der Waals surface area contributed by atoms with Crippen LogP contribution in [0.4, 0.5) is 0 Å². The van der Waals surface area contributed by atoms with Crippen molar-refractivity contribution in [2.75, 3.05) is 19.5 Å². The molecule has 0 bridgehead atoms. The van der Waals surface area contributed by atoms with Gasteiger partial charge in [-0.1, -0.05) is 36.7 Å². The molecule has 0 spiro atoms. The molecule has 0 N–H and O–H groups in total. The fourth-order valence-corrected chi connectivity index (χ4v) is 3.89. The highest BCUT2D eigenvalue weighted by molar-refractivity contribution is 7.99. The van der Waals surface area contributed by atoms with Crippen molar-refractivity contribution in [2.45, 2.75) is 36.9 Å². The van der Waals surface area contributed by atoms with E-state index in [0.717, 1.165) is 34.7 Å². The lowest BCUT2D eigenvalue weighted by atomic mass is 10.2. The number of hydrogen-bond acceptors (Lipinski definition) is 4. The van der Waals surface area contributed by atoms with E-state index in [1.807, 2.05) is 28.8 Å². The van der Waals surface area contributed by atoms with Gasteiger partial charge in [0.15, 0.2) is 5.16 Å². The third-order valence-electron chi connectivity index (χ3n) is 3.98. The molecule has 4 nitrogen and oxygen atoms in total. The molecular formula is C16H20N2O2S. The second kappa shape index (κ2) is 6.62. The molecule has 1 fully saturated rings. The number of nitrogens with zero attached hydrogens (tertiary/aromatic N) is 2. The van der Waals surface area contributed by atoms with Crippen molar-refractivity contribution in [3.8, 4) is 0 Å². The molecule has 0 atom stereocenters. The molecule has 0 aliphatic heterocycles. The number of aromatic nitrogens is 2. The Labute approximate surface area is 128 Å². The Kier molecular flexibility index (Phi) is 4.60. The maximum atomic E-state index is 12.8. The summed E-state index contributed by atoms with van der Waals surface area (Å²) in [6.45, 7) is 0.665. The van der Waals surface area contributed by atoms with Crippen LogP contribution in [-0.4, -0.2) is 29.0 Å². The standard InChI is InChI=1S/C16H20N2O2S/c1-20-10-11-21-16-17-14-9-5-4-8-13(14)15(19)18(16)12-6-2-3-7-12/h4-5,8-9,12H,2-3,6-7,10-11H2,1H3. The first-order valence-corrected chi connectivity index (χ1v) is 8.43. The van der Waals surface area contributed by atoms with E-state index >= 15 is 0 Å². The molecule has 0 saturated heterocycles. The topological polar surface area (TPSA) is 44.1 Å². The summed E-state index contributed by atoms with van der Waals surface area (Å²) in [6.07, 6.45) is 4.56. The van der Waals surface area contributed by atoms with Gasteiger partial charge in [0.1, 0.15) is 0 Å². The molecule has 1 aliphatic carbocycles. The quantitative estimate of drug-likeness (QED) is 0.483. The van der Waals surface area contributed by atoms with Crippen molar-refractivity contribution in [1.82, 2.24) is 9.55 Å². The highest BCUT2D eigenvalue weighted by Crippen LogP contribution is 2.32. The number of methoxy groups -OCH3 is 1. The zero-order valence-electron chi connectivity index (χ0n) is 12.2. The van der Waals surface area contributed by atoms with Crippen LogP contribution in [0.1, 0.15) is 31.7 Å². The van der Waals surface area contributed by atoms with E-state index < -0.39 is 0 Å². The number of para-hydroxylation sites is 1. The van der Waals surface area contributed by atoms with Crippen LogP contribution in [0.25, 0.3) is 10.9 Å². The molecule has 3 rings (SSSR count). The van der Waals surface area contributed by atoms with Gasteiger partial charge < -0.3 is 4.74 Å². The van der Waals surface area contributed by atoms with Gasteiger partial charge in [0.2, 0.25) is 0 Å². The molecule has 0 unspecified atom stereocenters. The van der Waals surface area contributed by atoms with E-state index in [-0.39, 0.29) is 5.56 Å². The number of benzene rings is 1. The lowest BCUT2D eigenvalue weighted by Crippen LogP contribution is -2.26. The molecule has 1 saturated carbocycles. The SMILES string of the molecule is COCCSc1nc2ccccc2c(=O)n1C1CCCC1. The molecule has 0 radical (unpaired) electrons. The second-order valence-electron chi connectivity index (χ2n) is 5.37. The lowest BCUT2D eigenvalue weighted by molar-refractivity contribution is 0.218. The van der Waals surface area contributed by atoms with Crippen molar-refractivity contribution in [3.05, 3.63) is 34.6 Å². The first-order chi connectivity index (χ1) is 10.3. The van der Waals surface area contributed by atoms with Gasteiger partial charge in [-0.2, -0.15) is 0 Å². The fourth-order valence-electron chi connectivity index (χ4n) is 2.93. The molecule has 21 heavy (non-hydrogen) atoms. The molecule has 1 aromatic carbocycles. The normalized spacial score (nSPS) is 15.9. The summed E-state index contributed by atoms with van der Waals surface area (Å²) in [4.78, 5) is 17.6. The number of thioether (sulfide) groups is 1. The average Bonchev–Trinajstić information content (AvgIpc) is 3.02. The molecule has 0 amide bonds. The van der Waals surface area contributed by atoms with Gasteiger partial charge in [-0.25, -0.2) is 4.98 Å². The van der Waals surface area contributed by atoms with E-state index in [2.05, 4.69) is 0 Å². The van der Waals surface area contributed by atoms with Gasteiger partial charge in [-0.3, -0.25) is 9.36 Å². The highest BCUT2D eigenvalue weighted by atomic mass is 32.2. The Balaban J connectivity index is 2.08. The van der Waals surface area contributed by atoms with Crippen LogP contribution in [0, 0.1) is 0 Å². The van der Waals surface area contributed by atoms with E-state index in [4.69, 9.17) is 9.72 Å². The minimum Gasteiger partial charge on any atom is -0.384 e. The molecule has 1 heterocycles. The summed E-state index contributed by atoms with van der Waals surface area (Å²) < 4.78 is 7.04. The molecule has 5 heteroatoms. The van der Waals surface area contributed by atoms with E-state index in [1.54, 1.807) is 18.9 Å². The van der Waals surface area contributed by atoms with Gasteiger partial charge in [-0.15, -0.1) is 0 Å². The molecule has 112 valence electrons. The summed E-state index contributed by atoms with van der Waals surface area (Å²) in [5.74, 6) is 0.813. The Hall–Kier alpha value is -1.33. The summed E-state index contributed by atoms with van der Waals surface area (Å²) in [6, 6.07) is 7.93. The van der Waals surface area contributed by atoms with Crippen LogP contribution in [0.3, 0.4) is 0 Å². The van der Waals surface area contributed by atoms with Gasteiger partial charge in [0, 0.05) is 18.9 Å². The number of hydrogen-bond donors (Lipinski definition) is 0. The van der Waals surface area contributed by atoms with Gasteiger partial charge in [0.05, 0.1) is 17.5 Å². The van der Waals surface area contributed by atoms with Crippen molar-refractivity contribution in [2.24, 2.45) is 0 Å². The van der Waals surface area contributed by atoms with Crippen LogP contribution >= 0.6 is 11.8 Å². The minimum absolute atomic E-state index is 0.104. The Morgan fingerprint density at radius 1 is 1.33 bits per heavy atom. The van der Waals surface area contributed by atoms with Crippen molar-refractivity contribution < 1.29 is 4.74 Å². The predicted molar refractivity (Wildman–Crippen MR) is 86.1 cm³/mol. The lowest BCUT2D eigenvalue weighted by Gasteiger charge is -2.18. The number of fused-ring (bicyclic) bond motifs is 1. The average molecular weight is 304 g/mol. The summed E-state index contributed by atoms with van der Waals surface area (Å²) in [5, 5.41) is 1.56. The monoisotopic (exact) mass is 304 g/mol.